The number of nitrogens with zero attached hydrogens (tertiary/aromatic N) is 1. The molecule has 1 heterocycles. The van der Waals surface area contributed by atoms with Crippen molar-refractivity contribution in [2.45, 2.75) is 32.7 Å². The predicted molar refractivity (Wildman–Crippen MR) is 96.0 cm³/mol. The van der Waals surface area contributed by atoms with Crippen LogP contribution in [0.4, 0.5) is 0 Å². The third-order valence-electron chi connectivity index (χ3n) is 4.52. The lowest BCUT2D eigenvalue weighted by Gasteiger charge is -2.11. The second-order valence-corrected chi connectivity index (χ2v) is 6.71. The third kappa shape index (κ3) is 4.05. The predicted octanol–water partition coefficient (Wildman–Crippen LogP) is 2.55. The van der Waals surface area contributed by atoms with Crippen LogP contribution in [0.2, 0.25) is 0 Å². The first-order valence-electron chi connectivity index (χ1n) is 8.53. The number of aryl methyl sites for hydroxylation is 1. The van der Waals surface area contributed by atoms with E-state index in [0.29, 0.717) is 24.4 Å². The van der Waals surface area contributed by atoms with Crippen molar-refractivity contribution in [1.29, 1.82) is 0 Å². The summed E-state index contributed by atoms with van der Waals surface area (Å²) in [4.78, 5) is 37.2. The maximum absolute atomic E-state index is 12.6. The van der Waals surface area contributed by atoms with E-state index in [1.807, 2.05) is 31.2 Å². The molecule has 1 aliphatic rings. The topological polar surface area (TPSA) is 68.2 Å². The molecule has 5 heteroatoms. The Morgan fingerprint density at radius 1 is 1.20 bits per heavy atom. The molecule has 0 saturated heterocycles. The number of hydrogen-bond acceptors (Lipinski definition) is 3. The molecule has 0 atom stereocenters. The minimum absolute atomic E-state index is 0.00897. The smallest absolute Gasteiger partial charge is 0.263 e. The van der Waals surface area contributed by atoms with Gasteiger partial charge in [-0.25, -0.2) is 0 Å². The molecule has 0 spiro atoms. The number of Topliss-reactive ketones (excluding diaryl/α,β-unsaturated/α-hetero) is 1. The highest BCUT2D eigenvalue weighted by Crippen LogP contribution is 2.33. The number of nitrogens with one attached hydrogen (secondary N) is 1. The van der Waals surface area contributed by atoms with Crippen LogP contribution < -0.4 is 10.9 Å². The van der Waals surface area contributed by atoms with Crippen molar-refractivity contribution in [3.8, 4) is 0 Å². The average Bonchev–Trinajstić information content (AvgIpc) is 3.41. The maximum atomic E-state index is 12.6. The molecule has 1 amide bonds. The highest BCUT2D eigenvalue weighted by molar-refractivity contribution is 6.00. The van der Waals surface area contributed by atoms with Crippen LogP contribution in [0.15, 0.2) is 41.3 Å². The van der Waals surface area contributed by atoms with Crippen LogP contribution in [0.25, 0.3) is 0 Å². The monoisotopic (exact) mass is 338 g/mol. The van der Waals surface area contributed by atoms with Crippen molar-refractivity contribution in [2.75, 3.05) is 7.05 Å². The van der Waals surface area contributed by atoms with Crippen LogP contribution in [0.5, 0.6) is 0 Å². The van der Waals surface area contributed by atoms with Gasteiger partial charge < -0.3 is 9.88 Å². The molecule has 0 radical (unpaired) electrons. The molecule has 1 aromatic carbocycles. The number of benzene rings is 1. The number of amides is 1. The Balaban J connectivity index is 1.99. The van der Waals surface area contributed by atoms with Gasteiger partial charge in [0.1, 0.15) is 5.56 Å². The SMILES string of the molecule is CNC(=O)c1cc(C(=O)CC2CC2)cn(Cc2ccc(C)cc2)c1=O. The van der Waals surface area contributed by atoms with E-state index >= 15 is 0 Å². The minimum atomic E-state index is -0.469. The van der Waals surface area contributed by atoms with E-state index in [-0.39, 0.29) is 16.9 Å². The normalized spacial score (nSPS) is 13.5. The molecule has 25 heavy (non-hydrogen) atoms. The summed E-state index contributed by atoms with van der Waals surface area (Å²) in [6, 6.07) is 9.27. The summed E-state index contributed by atoms with van der Waals surface area (Å²) in [6.07, 6.45) is 4.23. The molecule has 1 aliphatic carbocycles. The zero-order valence-corrected chi connectivity index (χ0v) is 14.5. The Hall–Kier alpha value is -2.69. The molecule has 1 aromatic heterocycles. The van der Waals surface area contributed by atoms with Gasteiger partial charge in [0.05, 0.1) is 6.54 Å². The van der Waals surface area contributed by atoms with E-state index in [2.05, 4.69) is 5.32 Å². The van der Waals surface area contributed by atoms with Gasteiger partial charge in [-0.3, -0.25) is 14.4 Å². The van der Waals surface area contributed by atoms with Crippen molar-refractivity contribution >= 4 is 11.7 Å². The molecule has 0 bridgehead atoms. The summed E-state index contributed by atoms with van der Waals surface area (Å²) in [5.41, 5.74) is 2.13. The number of ketones is 1. The summed E-state index contributed by atoms with van der Waals surface area (Å²) in [7, 11) is 1.48. The summed E-state index contributed by atoms with van der Waals surface area (Å²) < 4.78 is 1.45. The van der Waals surface area contributed by atoms with E-state index in [1.165, 1.54) is 17.7 Å². The zero-order valence-electron chi connectivity index (χ0n) is 14.5. The lowest BCUT2D eigenvalue weighted by Crippen LogP contribution is -2.32. The van der Waals surface area contributed by atoms with Gasteiger partial charge in [0, 0.05) is 25.2 Å². The van der Waals surface area contributed by atoms with Crippen LogP contribution in [0.1, 0.15) is 51.1 Å². The molecule has 0 aliphatic heterocycles. The second kappa shape index (κ2) is 7.05. The Bertz CT molecular complexity index is 862. The minimum Gasteiger partial charge on any atom is -0.355 e. The van der Waals surface area contributed by atoms with Crippen molar-refractivity contribution < 1.29 is 9.59 Å². The van der Waals surface area contributed by atoms with E-state index in [1.54, 1.807) is 6.20 Å². The van der Waals surface area contributed by atoms with Crippen molar-refractivity contribution in [3.05, 3.63) is 69.1 Å². The van der Waals surface area contributed by atoms with Crippen molar-refractivity contribution in [2.24, 2.45) is 5.92 Å². The van der Waals surface area contributed by atoms with Gasteiger partial charge in [-0.05, 0) is 37.3 Å². The first-order valence-corrected chi connectivity index (χ1v) is 8.53. The largest absolute Gasteiger partial charge is 0.355 e. The Morgan fingerprint density at radius 3 is 2.48 bits per heavy atom. The summed E-state index contributed by atoms with van der Waals surface area (Å²) in [6.45, 7) is 2.32. The standard InChI is InChI=1S/C20H22N2O3/c1-13-3-5-15(6-4-13)11-22-12-16(18(23)9-14-7-8-14)10-17(20(22)25)19(24)21-2/h3-6,10,12,14H,7-9,11H2,1-2H3,(H,21,24). The number of carbonyl (C=O) groups excluding carboxylic acids is 2. The Morgan fingerprint density at radius 2 is 1.88 bits per heavy atom. The number of pyridine rings is 1. The molecule has 1 saturated carbocycles. The van der Waals surface area contributed by atoms with Crippen LogP contribution in [0, 0.1) is 12.8 Å². The quantitative estimate of drug-likeness (QED) is 0.823. The van der Waals surface area contributed by atoms with Crippen LogP contribution >= 0.6 is 0 Å². The number of rotatable bonds is 6. The van der Waals surface area contributed by atoms with E-state index < -0.39 is 5.91 Å². The number of aromatic nitrogens is 1. The first kappa shape index (κ1) is 17.1. The third-order valence-corrected chi connectivity index (χ3v) is 4.52. The van der Waals surface area contributed by atoms with Gasteiger partial charge in [0.25, 0.3) is 11.5 Å². The van der Waals surface area contributed by atoms with Gasteiger partial charge in [-0.2, -0.15) is 0 Å². The molecule has 2 aromatic rings. The van der Waals surface area contributed by atoms with Gasteiger partial charge in [0.15, 0.2) is 5.78 Å². The molecule has 5 nitrogen and oxygen atoms in total. The molecule has 130 valence electrons. The van der Waals surface area contributed by atoms with Gasteiger partial charge in [-0.15, -0.1) is 0 Å². The van der Waals surface area contributed by atoms with Gasteiger partial charge in [-0.1, -0.05) is 29.8 Å². The Kier molecular flexibility index (Phi) is 4.83. The molecular weight excluding hydrogens is 316 g/mol. The van der Waals surface area contributed by atoms with Crippen LogP contribution in [-0.2, 0) is 6.54 Å². The van der Waals surface area contributed by atoms with Crippen LogP contribution in [-0.4, -0.2) is 23.3 Å². The summed E-state index contributed by atoms with van der Waals surface area (Å²) in [5.74, 6) is -0.0255. The molecule has 1 N–H and O–H groups in total. The fourth-order valence-corrected chi connectivity index (χ4v) is 2.80. The Labute approximate surface area is 146 Å². The molecule has 0 unspecified atom stereocenters. The maximum Gasteiger partial charge on any atom is 0.263 e. The van der Waals surface area contributed by atoms with Crippen molar-refractivity contribution in [1.82, 2.24) is 9.88 Å². The summed E-state index contributed by atoms with van der Waals surface area (Å²) in [5, 5.41) is 2.48. The van der Waals surface area contributed by atoms with E-state index in [4.69, 9.17) is 0 Å². The highest BCUT2D eigenvalue weighted by atomic mass is 16.2. The molecular formula is C20H22N2O3. The number of carbonyl (C=O) groups is 2. The van der Waals surface area contributed by atoms with E-state index in [0.717, 1.165) is 24.0 Å². The van der Waals surface area contributed by atoms with Gasteiger partial charge in [0.2, 0.25) is 0 Å². The van der Waals surface area contributed by atoms with Crippen LogP contribution in [0.3, 0.4) is 0 Å². The average molecular weight is 338 g/mol. The fourth-order valence-electron chi connectivity index (χ4n) is 2.80. The van der Waals surface area contributed by atoms with E-state index in [9.17, 15) is 14.4 Å². The zero-order chi connectivity index (χ0) is 18.0. The summed E-state index contributed by atoms with van der Waals surface area (Å²) >= 11 is 0. The first-order chi connectivity index (χ1) is 12.0. The second-order valence-electron chi connectivity index (χ2n) is 6.71. The lowest BCUT2D eigenvalue weighted by atomic mass is 10.0. The lowest BCUT2D eigenvalue weighted by molar-refractivity contribution is 0.0961. The van der Waals surface area contributed by atoms with Gasteiger partial charge >= 0.3 is 0 Å². The highest BCUT2D eigenvalue weighted by Gasteiger charge is 2.26. The molecule has 1 fully saturated rings. The molecule has 3 rings (SSSR count). The number of hydrogen-bond donors (Lipinski definition) is 1. The van der Waals surface area contributed by atoms with Crippen molar-refractivity contribution in [3.63, 3.8) is 0 Å². The fraction of sp³-hybridized carbons (Fsp3) is 0.350.